The highest BCUT2D eigenvalue weighted by atomic mass is 16.3. The molecule has 0 radical (unpaired) electrons. The molecule has 3 aromatic rings. The van der Waals surface area contributed by atoms with Crippen molar-refractivity contribution in [1.82, 2.24) is 20.2 Å². The van der Waals surface area contributed by atoms with Crippen molar-refractivity contribution in [1.29, 1.82) is 0 Å². The number of anilines is 1. The van der Waals surface area contributed by atoms with Crippen LogP contribution in [0.4, 0.5) is 5.95 Å². The summed E-state index contributed by atoms with van der Waals surface area (Å²) < 4.78 is 5.49. The van der Waals surface area contributed by atoms with Crippen LogP contribution in [-0.4, -0.2) is 60.0 Å². The minimum absolute atomic E-state index is 0.0258. The van der Waals surface area contributed by atoms with Crippen LogP contribution in [0.15, 0.2) is 53.4 Å². The Bertz CT molecular complexity index is 888. The molecule has 7 nitrogen and oxygen atoms in total. The molecule has 3 heterocycles. The van der Waals surface area contributed by atoms with Crippen LogP contribution in [0.25, 0.3) is 11.0 Å². The summed E-state index contributed by atoms with van der Waals surface area (Å²) in [5.74, 6) is 0.815. The van der Waals surface area contributed by atoms with Gasteiger partial charge in [-0.1, -0.05) is 18.2 Å². The standard InChI is InChI=1S/C20H23N5O2/c26-19(14-16-15-27-18-5-2-1-4-17(16)18)21-8-9-24-10-12-25(13-11-24)20-22-6-3-7-23-20/h1-7,15H,8-14H2,(H,21,26). The summed E-state index contributed by atoms with van der Waals surface area (Å²) in [4.78, 5) is 25.4. The number of carbonyl (C=O) groups excluding carboxylic acids is 1. The number of fused-ring (bicyclic) bond motifs is 1. The number of amides is 1. The fourth-order valence-electron chi connectivity index (χ4n) is 3.38. The zero-order valence-corrected chi connectivity index (χ0v) is 15.2. The molecule has 140 valence electrons. The van der Waals surface area contributed by atoms with Crippen LogP contribution in [0.5, 0.6) is 0 Å². The van der Waals surface area contributed by atoms with Gasteiger partial charge in [0.05, 0.1) is 12.7 Å². The van der Waals surface area contributed by atoms with Crippen LogP contribution in [-0.2, 0) is 11.2 Å². The van der Waals surface area contributed by atoms with E-state index in [0.29, 0.717) is 13.0 Å². The number of para-hydroxylation sites is 1. The average molecular weight is 365 g/mol. The summed E-state index contributed by atoms with van der Waals surface area (Å²) in [6.07, 6.45) is 5.56. The zero-order valence-electron chi connectivity index (χ0n) is 15.2. The lowest BCUT2D eigenvalue weighted by Crippen LogP contribution is -2.49. The number of carbonyl (C=O) groups is 1. The summed E-state index contributed by atoms with van der Waals surface area (Å²) >= 11 is 0. The second kappa shape index (κ2) is 8.18. The molecule has 1 aliphatic rings. The van der Waals surface area contributed by atoms with Gasteiger partial charge in [-0.15, -0.1) is 0 Å². The number of hydrogen-bond donors (Lipinski definition) is 1. The highest BCUT2D eigenvalue weighted by Crippen LogP contribution is 2.20. The van der Waals surface area contributed by atoms with Crippen LogP contribution in [0.3, 0.4) is 0 Å². The second-order valence-electron chi connectivity index (χ2n) is 6.66. The van der Waals surface area contributed by atoms with E-state index in [1.165, 1.54) is 0 Å². The third-order valence-corrected chi connectivity index (χ3v) is 4.87. The van der Waals surface area contributed by atoms with Crippen molar-refractivity contribution in [2.24, 2.45) is 0 Å². The number of aromatic nitrogens is 2. The minimum atomic E-state index is 0.0258. The second-order valence-corrected chi connectivity index (χ2v) is 6.66. The van der Waals surface area contributed by atoms with E-state index in [9.17, 15) is 4.79 Å². The molecule has 0 saturated carbocycles. The molecular formula is C20H23N5O2. The fraction of sp³-hybridized carbons (Fsp3) is 0.350. The Balaban J connectivity index is 1.20. The summed E-state index contributed by atoms with van der Waals surface area (Å²) in [5, 5.41) is 4.02. The Hall–Kier alpha value is -2.93. The summed E-state index contributed by atoms with van der Waals surface area (Å²) in [5.41, 5.74) is 1.75. The van der Waals surface area contributed by atoms with Gasteiger partial charge in [0.15, 0.2) is 0 Å². The van der Waals surface area contributed by atoms with Crippen molar-refractivity contribution in [3.8, 4) is 0 Å². The van der Waals surface area contributed by atoms with E-state index in [1.54, 1.807) is 18.7 Å². The molecule has 1 amide bonds. The van der Waals surface area contributed by atoms with Gasteiger partial charge in [-0.05, 0) is 12.1 Å². The number of nitrogens with zero attached hydrogens (tertiary/aromatic N) is 4. The molecular weight excluding hydrogens is 342 g/mol. The van der Waals surface area contributed by atoms with Crippen LogP contribution in [0.2, 0.25) is 0 Å². The first-order valence-electron chi connectivity index (χ1n) is 9.26. The van der Waals surface area contributed by atoms with Gasteiger partial charge in [-0.2, -0.15) is 0 Å². The summed E-state index contributed by atoms with van der Waals surface area (Å²) in [6.45, 7) is 5.19. The van der Waals surface area contributed by atoms with Gasteiger partial charge in [-0.3, -0.25) is 9.69 Å². The van der Waals surface area contributed by atoms with Gasteiger partial charge in [-0.25, -0.2) is 9.97 Å². The first-order valence-corrected chi connectivity index (χ1v) is 9.26. The highest BCUT2D eigenvalue weighted by Gasteiger charge is 2.18. The van der Waals surface area contributed by atoms with E-state index in [2.05, 4.69) is 25.1 Å². The Labute approximate surface area is 158 Å². The smallest absolute Gasteiger partial charge is 0.225 e. The van der Waals surface area contributed by atoms with Gasteiger partial charge in [0, 0.05) is 62.6 Å². The van der Waals surface area contributed by atoms with Crippen LogP contribution < -0.4 is 10.2 Å². The van der Waals surface area contributed by atoms with Gasteiger partial charge in [0.25, 0.3) is 0 Å². The molecule has 1 N–H and O–H groups in total. The van der Waals surface area contributed by atoms with E-state index in [1.807, 2.05) is 30.3 Å². The number of hydrogen-bond acceptors (Lipinski definition) is 6. The maximum atomic E-state index is 12.2. The molecule has 0 aliphatic carbocycles. The maximum absolute atomic E-state index is 12.2. The number of benzene rings is 1. The first kappa shape index (κ1) is 17.5. The predicted molar refractivity (Wildman–Crippen MR) is 104 cm³/mol. The number of rotatable bonds is 6. The molecule has 27 heavy (non-hydrogen) atoms. The molecule has 1 saturated heterocycles. The monoisotopic (exact) mass is 365 g/mol. The van der Waals surface area contributed by atoms with Crippen LogP contribution in [0, 0.1) is 0 Å². The summed E-state index contributed by atoms with van der Waals surface area (Å²) in [7, 11) is 0. The number of nitrogens with one attached hydrogen (secondary N) is 1. The SMILES string of the molecule is O=C(Cc1coc2ccccc12)NCCN1CCN(c2ncccn2)CC1. The average Bonchev–Trinajstić information content (AvgIpc) is 3.12. The van der Waals surface area contributed by atoms with Gasteiger partial charge >= 0.3 is 0 Å². The zero-order chi connectivity index (χ0) is 18.5. The van der Waals surface area contributed by atoms with Crippen molar-refractivity contribution in [3.05, 3.63) is 54.6 Å². The molecule has 1 aliphatic heterocycles. The van der Waals surface area contributed by atoms with Crippen LogP contribution in [0.1, 0.15) is 5.56 Å². The fourth-order valence-corrected chi connectivity index (χ4v) is 3.38. The minimum Gasteiger partial charge on any atom is -0.464 e. The molecule has 0 spiro atoms. The maximum Gasteiger partial charge on any atom is 0.225 e. The van der Waals surface area contributed by atoms with Gasteiger partial charge < -0.3 is 14.6 Å². The lowest BCUT2D eigenvalue weighted by Gasteiger charge is -2.34. The molecule has 0 unspecified atom stereocenters. The lowest BCUT2D eigenvalue weighted by atomic mass is 10.1. The Morgan fingerprint density at radius 3 is 2.67 bits per heavy atom. The Kier molecular flexibility index (Phi) is 5.29. The highest BCUT2D eigenvalue weighted by molar-refractivity contribution is 5.87. The van der Waals surface area contributed by atoms with E-state index in [4.69, 9.17) is 4.42 Å². The summed E-state index contributed by atoms with van der Waals surface area (Å²) in [6, 6.07) is 9.61. The van der Waals surface area contributed by atoms with E-state index in [-0.39, 0.29) is 5.91 Å². The molecule has 7 heteroatoms. The molecule has 1 fully saturated rings. The third kappa shape index (κ3) is 4.25. The lowest BCUT2D eigenvalue weighted by molar-refractivity contribution is -0.120. The van der Waals surface area contributed by atoms with E-state index >= 15 is 0 Å². The normalized spacial score (nSPS) is 15.2. The quantitative estimate of drug-likeness (QED) is 0.717. The van der Waals surface area contributed by atoms with Crippen LogP contribution >= 0.6 is 0 Å². The van der Waals surface area contributed by atoms with Gasteiger partial charge in [0.1, 0.15) is 5.58 Å². The van der Waals surface area contributed by atoms with Crippen molar-refractivity contribution in [2.75, 3.05) is 44.2 Å². The number of furan rings is 1. The van der Waals surface area contributed by atoms with Crippen molar-refractivity contribution < 1.29 is 9.21 Å². The largest absolute Gasteiger partial charge is 0.464 e. The molecule has 1 aromatic carbocycles. The van der Waals surface area contributed by atoms with Gasteiger partial charge in [0.2, 0.25) is 11.9 Å². The van der Waals surface area contributed by atoms with Crippen molar-refractivity contribution >= 4 is 22.8 Å². The predicted octanol–water partition coefficient (Wildman–Crippen LogP) is 1.70. The van der Waals surface area contributed by atoms with E-state index in [0.717, 1.165) is 55.2 Å². The number of piperazine rings is 1. The molecule has 0 atom stereocenters. The van der Waals surface area contributed by atoms with E-state index < -0.39 is 0 Å². The van der Waals surface area contributed by atoms with Crippen molar-refractivity contribution in [2.45, 2.75) is 6.42 Å². The third-order valence-electron chi connectivity index (χ3n) is 4.87. The molecule has 2 aromatic heterocycles. The Morgan fingerprint density at radius 2 is 1.85 bits per heavy atom. The van der Waals surface area contributed by atoms with Crippen molar-refractivity contribution in [3.63, 3.8) is 0 Å². The topological polar surface area (TPSA) is 74.5 Å². The first-order chi connectivity index (χ1) is 13.3. The molecule has 4 rings (SSSR count). The molecule has 0 bridgehead atoms. The Morgan fingerprint density at radius 1 is 1.07 bits per heavy atom.